The van der Waals surface area contributed by atoms with Crippen molar-refractivity contribution >= 4 is 5.91 Å². The zero-order valence-electron chi connectivity index (χ0n) is 6.10. The van der Waals surface area contributed by atoms with Crippen LogP contribution in [-0.2, 0) is 4.79 Å². The smallest absolute Gasteiger partial charge is 0.223 e. The van der Waals surface area contributed by atoms with Crippen molar-refractivity contribution in [3.63, 3.8) is 0 Å². The number of hydrogen-bond acceptors (Lipinski definition) is 1. The van der Waals surface area contributed by atoms with Gasteiger partial charge in [-0.05, 0) is 19.3 Å². The highest BCUT2D eigenvalue weighted by Gasteiger charge is 2.28. The Bertz CT molecular complexity index is 138. The van der Waals surface area contributed by atoms with Gasteiger partial charge in [-0.2, -0.15) is 0 Å². The Morgan fingerprint density at radius 2 is 2.40 bits per heavy atom. The Labute approximate surface area is 61.3 Å². The van der Waals surface area contributed by atoms with E-state index in [-0.39, 0.29) is 5.91 Å². The van der Waals surface area contributed by atoms with Gasteiger partial charge in [-0.25, -0.2) is 0 Å². The van der Waals surface area contributed by atoms with Gasteiger partial charge in [-0.15, -0.1) is 6.58 Å². The molecule has 1 aliphatic rings. The number of amides is 1. The number of carbonyl (C=O) groups excluding carboxylic acids is 1. The van der Waals surface area contributed by atoms with Crippen LogP contribution in [0.4, 0.5) is 0 Å². The van der Waals surface area contributed by atoms with Gasteiger partial charge < -0.3 is 5.32 Å². The minimum atomic E-state index is 0.224. The second-order valence-corrected chi connectivity index (χ2v) is 2.64. The molecule has 0 spiro atoms. The van der Waals surface area contributed by atoms with Crippen molar-refractivity contribution in [3.05, 3.63) is 12.7 Å². The van der Waals surface area contributed by atoms with E-state index in [0.717, 1.165) is 25.8 Å². The summed E-state index contributed by atoms with van der Waals surface area (Å²) in [5, 5.41) is 2.84. The van der Waals surface area contributed by atoms with E-state index < -0.39 is 0 Å². The number of carbonyl (C=O) groups is 1. The largest absolute Gasteiger partial charge is 0.356 e. The fraction of sp³-hybridized carbons (Fsp3) is 0.625. The number of rotatable bonds is 4. The third-order valence-electron chi connectivity index (χ3n) is 1.60. The lowest BCUT2D eigenvalue weighted by Crippen LogP contribution is -2.25. The molecule has 1 N–H and O–H groups in total. The van der Waals surface area contributed by atoms with Crippen molar-refractivity contribution in [1.82, 2.24) is 5.32 Å². The molecule has 0 unspecified atom stereocenters. The van der Waals surface area contributed by atoms with Crippen LogP contribution in [0.25, 0.3) is 0 Å². The normalized spacial score (nSPS) is 16.4. The summed E-state index contributed by atoms with van der Waals surface area (Å²) in [5.41, 5.74) is 0. The third-order valence-corrected chi connectivity index (χ3v) is 1.60. The van der Waals surface area contributed by atoms with E-state index in [1.54, 1.807) is 0 Å². The van der Waals surface area contributed by atoms with Crippen LogP contribution in [0.5, 0.6) is 0 Å². The molecule has 0 saturated heterocycles. The number of nitrogens with one attached hydrogen (secondary N) is 1. The van der Waals surface area contributed by atoms with Crippen LogP contribution in [-0.4, -0.2) is 12.5 Å². The lowest BCUT2D eigenvalue weighted by atomic mass is 10.3. The van der Waals surface area contributed by atoms with E-state index >= 15 is 0 Å². The molecule has 56 valence electrons. The molecule has 0 aliphatic heterocycles. The SMILES string of the molecule is C=CCCNC(=O)C1CC1. The highest BCUT2D eigenvalue weighted by molar-refractivity contribution is 5.80. The Kier molecular flexibility index (Phi) is 2.49. The van der Waals surface area contributed by atoms with Crippen molar-refractivity contribution in [2.24, 2.45) is 5.92 Å². The molecular formula is C8H13NO. The third kappa shape index (κ3) is 2.21. The average Bonchev–Trinajstić information content (AvgIpc) is 2.69. The fourth-order valence-corrected chi connectivity index (χ4v) is 0.787. The molecule has 0 radical (unpaired) electrons. The molecule has 0 heterocycles. The Hall–Kier alpha value is -0.790. The van der Waals surface area contributed by atoms with Crippen molar-refractivity contribution in [1.29, 1.82) is 0 Å². The van der Waals surface area contributed by atoms with Crippen molar-refractivity contribution in [2.45, 2.75) is 19.3 Å². The lowest BCUT2D eigenvalue weighted by Gasteiger charge is -1.99. The van der Waals surface area contributed by atoms with Crippen LogP contribution < -0.4 is 5.32 Å². The summed E-state index contributed by atoms with van der Waals surface area (Å²) in [6, 6.07) is 0. The predicted molar refractivity (Wildman–Crippen MR) is 40.5 cm³/mol. The summed E-state index contributed by atoms with van der Waals surface area (Å²) < 4.78 is 0. The minimum Gasteiger partial charge on any atom is -0.356 e. The number of hydrogen-bond donors (Lipinski definition) is 1. The maximum atomic E-state index is 10.9. The molecule has 10 heavy (non-hydrogen) atoms. The van der Waals surface area contributed by atoms with Crippen LogP contribution in [0.1, 0.15) is 19.3 Å². The quantitative estimate of drug-likeness (QED) is 0.458. The van der Waals surface area contributed by atoms with Gasteiger partial charge in [0.05, 0.1) is 0 Å². The highest BCUT2D eigenvalue weighted by Crippen LogP contribution is 2.28. The minimum absolute atomic E-state index is 0.224. The van der Waals surface area contributed by atoms with Gasteiger partial charge in [-0.1, -0.05) is 6.08 Å². The molecule has 0 bridgehead atoms. The standard InChI is InChI=1S/C8H13NO/c1-2-3-6-9-8(10)7-4-5-7/h2,7H,1,3-6H2,(H,9,10). The topological polar surface area (TPSA) is 29.1 Å². The van der Waals surface area contributed by atoms with Gasteiger partial charge in [0.25, 0.3) is 0 Å². The Morgan fingerprint density at radius 3 is 2.90 bits per heavy atom. The second-order valence-electron chi connectivity index (χ2n) is 2.64. The first-order valence-electron chi connectivity index (χ1n) is 3.73. The summed E-state index contributed by atoms with van der Waals surface area (Å²) in [4.78, 5) is 10.9. The van der Waals surface area contributed by atoms with Gasteiger partial charge in [0.2, 0.25) is 5.91 Å². The van der Waals surface area contributed by atoms with E-state index in [9.17, 15) is 4.79 Å². The molecule has 1 fully saturated rings. The van der Waals surface area contributed by atoms with Gasteiger partial charge in [0.15, 0.2) is 0 Å². The molecule has 0 aromatic rings. The summed E-state index contributed by atoms with van der Waals surface area (Å²) in [6.07, 6.45) is 4.85. The molecule has 0 atom stereocenters. The van der Waals surface area contributed by atoms with Crippen LogP contribution >= 0.6 is 0 Å². The maximum Gasteiger partial charge on any atom is 0.223 e. The van der Waals surface area contributed by atoms with Gasteiger partial charge in [-0.3, -0.25) is 4.79 Å². The molecular weight excluding hydrogens is 126 g/mol. The summed E-state index contributed by atoms with van der Waals surface area (Å²) >= 11 is 0. The van der Waals surface area contributed by atoms with Gasteiger partial charge in [0, 0.05) is 12.5 Å². The first kappa shape index (κ1) is 7.32. The van der Waals surface area contributed by atoms with Crippen molar-refractivity contribution in [2.75, 3.05) is 6.54 Å². The van der Waals surface area contributed by atoms with Gasteiger partial charge >= 0.3 is 0 Å². The second kappa shape index (κ2) is 3.40. The van der Waals surface area contributed by atoms with Crippen molar-refractivity contribution < 1.29 is 4.79 Å². The monoisotopic (exact) mass is 139 g/mol. The molecule has 0 aromatic heterocycles. The first-order chi connectivity index (χ1) is 4.84. The van der Waals surface area contributed by atoms with E-state index in [2.05, 4.69) is 11.9 Å². The first-order valence-corrected chi connectivity index (χ1v) is 3.73. The maximum absolute atomic E-state index is 10.9. The van der Waals surface area contributed by atoms with Crippen LogP contribution in [0.2, 0.25) is 0 Å². The summed E-state index contributed by atoms with van der Waals surface area (Å²) in [7, 11) is 0. The molecule has 1 aliphatic carbocycles. The highest BCUT2D eigenvalue weighted by atomic mass is 16.2. The van der Waals surface area contributed by atoms with Crippen LogP contribution in [0.3, 0.4) is 0 Å². The van der Waals surface area contributed by atoms with E-state index in [4.69, 9.17) is 0 Å². The molecule has 1 saturated carbocycles. The molecule has 1 rings (SSSR count). The Balaban J connectivity index is 2.00. The van der Waals surface area contributed by atoms with E-state index in [1.165, 1.54) is 0 Å². The predicted octanol–water partition coefficient (Wildman–Crippen LogP) is 1.09. The molecule has 0 aromatic carbocycles. The van der Waals surface area contributed by atoms with Crippen LogP contribution in [0.15, 0.2) is 12.7 Å². The fourth-order valence-electron chi connectivity index (χ4n) is 0.787. The lowest BCUT2D eigenvalue weighted by molar-refractivity contribution is -0.122. The Morgan fingerprint density at radius 1 is 1.70 bits per heavy atom. The average molecular weight is 139 g/mol. The zero-order valence-corrected chi connectivity index (χ0v) is 6.10. The molecule has 1 amide bonds. The summed E-state index contributed by atoms with van der Waals surface area (Å²) in [6.45, 7) is 4.32. The van der Waals surface area contributed by atoms with Crippen molar-refractivity contribution in [3.8, 4) is 0 Å². The van der Waals surface area contributed by atoms with Crippen LogP contribution in [0, 0.1) is 5.92 Å². The zero-order chi connectivity index (χ0) is 7.40. The van der Waals surface area contributed by atoms with E-state index in [0.29, 0.717) is 5.92 Å². The molecule has 2 nitrogen and oxygen atoms in total. The summed E-state index contributed by atoms with van der Waals surface area (Å²) in [5.74, 6) is 0.562. The van der Waals surface area contributed by atoms with E-state index in [1.807, 2.05) is 6.08 Å². The van der Waals surface area contributed by atoms with Gasteiger partial charge in [0.1, 0.15) is 0 Å². The molecule has 2 heteroatoms.